The maximum Gasteiger partial charge on any atom is 0.264 e. The summed E-state index contributed by atoms with van der Waals surface area (Å²) in [5.74, 6) is -0.250. The van der Waals surface area contributed by atoms with Crippen molar-refractivity contribution in [2.24, 2.45) is 5.92 Å². The third-order valence-electron chi connectivity index (χ3n) is 1.84. The highest BCUT2D eigenvalue weighted by molar-refractivity contribution is 4.78. The number of aliphatic hydroxyl groups excluding tert-OH is 1. The molecule has 1 heterocycles. The summed E-state index contributed by atoms with van der Waals surface area (Å²) in [6.45, 7) is 1.26. The topological polar surface area (TPSA) is 32.3 Å². The first-order valence-corrected chi connectivity index (χ1v) is 3.38. The van der Waals surface area contributed by atoms with Crippen LogP contribution in [0.25, 0.3) is 0 Å². The molecule has 2 N–H and O–H groups in total. The van der Waals surface area contributed by atoms with Crippen molar-refractivity contribution < 1.29 is 13.9 Å². The van der Waals surface area contributed by atoms with Crippen molar-refractivity contribution in [2.75, 3.05) is 13.1 Å². The van der Waals surface area contributed by atoms with Gasteiger partial charge in [-0.1, -0.05) is 0 Å². The minimum Gasteiger partial charge on any atom is -0.387 e. The van der Waals surface area contributed by atoms with Gasteiger partial charge in [-0.25, -0.2) is 8.78 Å². The molecule has 1 fully saturated rings. The van der Waals surface area contributed by atoms with E-state index >= 15 is 0 Å². The lowest BCUT2D eigenvalue weighted by Crippen LogP contribution is -2.29. The molecular weight excluding hydrogens is 140 g/mol. The maximum absolute atomic E-state index is 11.8. The Kier molecular flexibility index (Phi) is 2.56. The third-order valence-corrected chi connectivity index (χ3v) is 1.84. The van der Waals surface area contributed by atoms with E-state index in [0.29, 0.717) is 13.0 Å². The Morgan fingerprint density at radius 2 is 2.20 bits per heavy atom. The van der Waals surface area contributed by atoms with Crippen LogP contribution < -0.4 is 5.32 Å². The summed E-state index contributed by atoms with van der Waals surface area (Å²) in [6, 6.07) is 0. The van der Waals surface area contributed by atoms with Crippen LogP contribution >= 0.6 is 0 Å². The smallest absolute Gasteiger partial charge is 0.264 e. The molecular formula is C6H11F2NO. The lowest BCUT2D eigenvalue weighted by molar-refractivity contribution is -0.0338. The minimum absolute atomic E-state index is 0.250. The highest BCUT2D eigenvalue weighted by atomic mass is 19.3. The van der Waals surface area contributed by atoms with Gasteiger partial charge < -0.3 is 10.4 Å². The fraction of sp³-hybridized carbons (Fsp3) is 1.00. The van der Waals surface area contributed by atoms with E-state index in [1.165, 1.54) is 0 Å². The predicted molar refractivity (Wildman–Crippen MR) is 33.0 cm³/mol. The number of alkyl halides is 2. The van der Waals surface area contributed by atoms with Gasteiger partial charge in [-0.3, -0.25) is 0 Å². The summed E-state index contributed by atoms with van der Waals surface area (Å²) in [5.41, 5.74) is 0. The second kappa shape index (κ2) is 3.25. The van der Waals surface area contributed by atoms with Crippen molar-refractivity contribution in [3.05, 3.63) is 0 Å². The first-order valence-electron chi connectivity index (χ1n) is 3.38. The SMILES string of the molecule is OC(C(F)F)C1CCNC1. The van der Waals surface area contributed by atoms with Crippen LogP contribution in [0.4, 0.5) is 8.78 Å². The van der Waals surface area contributed by atoms with Crippen molar-refractivity contribution in [3.63, 3.8) is 0 Å². The van der Waals surface area contributed by atoms with Crippen LogP contribution in [-0.4, -0.2) is 30.7 Å². The molecule has 2 nitrogen and oxygen atoms in total. The summed E-state index contributed by atoms with van der Waals surface area (Å²) in [4.78, 5) is 0. The summed E-state index contributed by atoms with van der Waals surface area (Å²) >= 11 is 0. The van der Waals surface area contributed by atoms with Crippen molar-refractivity contribution >= 4 is 0 Å². The highest BCUT2D eigenvalue weighted by Crippen LogP contribution is 2.17. The molecule has 0 spiro atoms. The quantitative estimate of drug-likeness (QED) is 0.591. The van der Waals surface area contributed by atoms with Gasteiger partial charge in [0.1, 0.15) is 6.10 Å². The lowest BCUT2D eigenvalue weighted by atomic mass is 10.0. The van der Waals surface area contributed by atoms with Crippen LogP contribution in [0.3, 0.4) is 0 Å². The first kappa shape index (κ1) is 7.88. The molecule has 0 aromatic heterocycles. The average Bonchev–Trinajstić information content (AvgIpc) is 2.36. The molecule has 0 saturated carbocycles. The monoisotopic (exact) mass is 151 g/mol. The van der Waals surface area contributed by atoms with Crippen LogP contribution in [0.5, 0.6) is 0 Å². The molecule has 2 atom stereocenters. The Morgan fingerprint density at radius 3 is 2.60 bits per heavy atom. The molecule has 1 saturated heterocycles. The summed E-state index contributed by atoms with van der Waals surface area (Å²) in [6.07, 6.45) is -3.37. The second-order valence-corrected chi connectivity index (χ2v) is 2.58. The summed E-state index contributed by atoms with van der Waals surface area (Å²) in [7, 11) is 0. The normalized spacial score (nSPS) is 29.4. The summed E-state index contributed by atoms with van der Waals surface area (Å²) < 4.78 is 23.6. The molecule has 0 amide bonds. The average molecular weight is 151 g/mol. The highest BCUT2D eigenvalue weighted by Gasteiger charge is 2.29. The van der Waals surface area contributed by atoms with Gasteiger partial charge in [0.15, 0.2) is 0 Å². The number of hydrogen-bond donors (Lipinski definition) is 2. The van der Waals surface area contributed by atoms with Crippen molar-refractivity contribution in [3.8, 4) is 0 Å². The Balaban J connectivity index is 2.32. The van der Waals surface area contributed by atoms with Gasteiger partial charge in [-0.2, -0.15) is 0 Å². The summed E-state index contributed by atoms with van der Waals surface area (Å²) in [5, 5.41) is 11.8. The van der Waals surface area contributed by atoms with E-state index in [1.54, 1.807) is 0 Å². The number of halogens is 2. The Hall–Kier alpha value is -0.220. The van der Waals surface area contributed by atoms with E-state index in [-0.39, 0.29) is 5.92 Å². The fourth-order valence-electron chi connectivity index (χ4n) is 1.17. The van der Waals surface area contributed by atoms with Crippen LogP contribution in [0, 0.1) is 5.92 Å². The zero-order chi connectivity index (χ0) is 7.56. The Bertz CT molecular complexity index is 104. The van der Waals surface area contributed by atoms with Crippen LogP contribution in [0.1, 0.15) is 6.42 Å². The van der Waals surface area contributed by atoms with Crippen molar-refractivity contribution in [1.82, 2.24) is 5.32 Å². The van der Waals surface area contributed by atoms with Gasteiger partial charge in [0.05, 0.1) is 0 Å². The number of hydrogen-bond acceptors (Lipinski definition) is 2. The van der Waals surface area contributed by atoms with Gasteiger partial charge in [0, 0.05) is 12.5 Å². The molecule has 2 unspecified atom stereocenters. The number of aliphatic hydroxyl groups is 1. The molecule has 0 aromatic rings. The zero-order valence-corrected chi connectivity index (χ0v) is 5.56. The molecule has 0 aliphatic carbocycles. The van der Waals surface area contributed by atoms with Gasteiger partial charge in [0.2, 0.25) is 0 Å². The maximum atomic E-state index is 11.8. The van der Waals surface area contributed by atoms with Crippen LogP contribution in [0.15, 0.2) is 0 Å². The van der Waals surface area contributed by atoms with Crippen LogP contribution in [0.2, 0.25) is 0 Å². The van der Waals surface area contributed by atoms with Gasteiger partial charge >= 0.3 is 0 Å². The van der Waals surface area contributed by atoms with Crippen LogP contribution in [-0.2, 0) is 0 Å². The first-order chi connectivity index (χ1) is 4.72. The van der Waals surface area contributed by atoms with E-state index < -0.39 is 12.5 Å². The lowest BCUT2D eigenvalue weighted by Gasteiger charge is -2.14. The van der Waals surface area contributed by atoms with E-state index in [4.69, 9.17) is 5.11 Å². The molecule has 0 bridgehead atoms. The third kappa shape index (κ3) is 1.64. The molecule has 4 heteroatoms. The molecule has 1 aliphatic rings. The number of rotatable bonds is 2. The zero-order valence-electron chi connectivity index (χ0n) is 5.56. The van der Waals surface area contributed by atoms with Crippen molar-refractivity contribution in [2.45, 2.75) is 19.0 Å². The molecule has 0 radical (unpaired) electrons. The second-order valence-electron chi connectivity index (χ2n) is 2.58. The minimum atomic E-state index is -2.59. The van der Waals surface area contributed by atoms with E-state index in [9.17, 15) is 8.78 Å². The van der Waals surface area contributed by atoms with Crippen molar-refractivity contribution in [1.29, 1.82) is 0 Å². The number of nitrogens with one attached hydrogen (secondary N) is 1. The molecule has 1 aliphatic heterocycles. The fourth-order valence-corrected chi connectivity index (χ4v) is 1.17. The predicted octanol–water partition coefficient (Wildman–Crippen LogP) is 0.222. The van der Waals surface area contributed by atoms with E-state index in [1.807, 2.05) is 0 Å². The standard InChI is InChI=1S/C6H11F2NO/c7-6(8)5(10)4-1-2-9-3-4/h4-6,9-10H,1-3H2. The van der Waals surface area contributed by atoms with Gasteiger partial charge in [-0.05, 0) is 13.0 Å². The molecule has 1 rings (SSSR count). The van der Waals surface area contributed by atoms with Gasteiger partial charge in [-0.15, -0.1) is 0 Å². The molecule has 0 aromatic carbocycles. The largest absolute Gasteiger partial charge is 0.387 e. The van der Waals surface area contributed by atoms with E-state index in [0.717, 1.165) is 6.54 Å². The van der Waals surface area contributed by atoms with E-state index in [2.05, 4.69) is 5.32 Å². The Morgan fingerprint density at radius 1 is 1.50 bits per heavy atom. The molecule has 10 heavy (non-hydrogen) atoms. The van der Waals surface area contributed by atoms with Gasteiger partial charge in [0.25, 0.3) is 6.43 Å². The Labute approximate surface area is 58.2 Å². The molecule has 60 valence electrons.